The van der Waals surface area contributed by atoms with Gasteiger partial charge in [0.2, 0.25) is 0 Å². The Bertz CT molecular complexity index is 726. The largest absolute Gasteiger partial charge is 0.356 e. The van der Waals surface area contributed by atoms with Gasteiger partial charge in [0.05, 0.1) is 11.1 Å². The smallest absolute Gasteiger partial charge is 0.328 e. The minimum atomic E-state index is -4.00. The van der Waals surface area contributed by atoms with Gasteiger partial charge in [-0.05, 0) is 18.6 Å². The molecule has 118 valence electrons. The van der Waals surface area contributed by atoms with E-state index in [0.29, 0.717) is 17.9 Å². The Balaban J connectivity index is 2.22. The lowest BCUT2D eigenvalue weighted by atomic mass is 10.2. The summed E-state index contributed by atoms with van der Waals surface area (Å²) >= 11 is 0. The molecule has 0 radical (unpaired) electrons. The van der Waals surface area contributed by atoms with Crippen molar-refractivity contribution in [3.8, 4) is 11.3 Å². The zero-order valence-corrected chi connectivity index (χ0v) is 12.9. The Hall–Kier alpha value is -2.35. The maximum atomic E-state index is 12.4. The van der Waals surface area contributed by atoms with Gasteiger partial charge in [-0.2, -0.15) is 0 Å². The van der Waals surface area contributed by atoms with E-state index in [1.54, 1.807) is 24.3 Å². The summed E-state index contributed by atoms with van der Waals surface area (Å²) in [5, 5.41) is 6.06. The van der Waals surface area contributed by atoms with Gasteiger partial charge in [0.15, 0.2) is 5.76 Å². The van der Waals surface area contributed by atoms with E-state index < -0.39 is 16.1 Å². The molecule has 0 aliphatic rings. The number of unbranched alkanes of at least 4 members (excludes halogenated alkanes) is 1. The normalized spacial score (nSPS) is 11.1. The average Bonchev–Trinajstić information content (AvgIpc) is 3.01. The Labute approximate surface area is 128 Å². The van der Waals surface area contributed by atoms with Crippen molar-refractivity contribution < 1.29 is 17.7 Å². The van der Waals surface area contributed by atoms with E-state index in [1.165, 1.54) is 12.3 Å². The first-order valence-electron chi connectivity index (χ1n) is 6.85. The van der Waals surface area contributed by atoms with E-state index in [0.717, 1.165) is 12.8 Å². The van der Waals surface area contributed by atoms with E-state index in [9.17, 15) is 13.2 Å². The molecular formula is C14H17N3O4S. The van der Waals surface area contributed by atoms with Crippen LogP contribution >= 0.6 is 0 Å². The highest BCUT2D eigenvalue weighted by Crippen LogP contribution is 2.26. The Morgan fingerprint density at radius 1 is 1.27 bits per heavy atom. The van der Waals surface area contributed by atoms with Crippen LogP contribution in [0.3, 0.4) is 0 Å². The van der Waals surface area contributed by atoms with E-state index >= 15 is 0 Å². The van der Waals surface area contributed by atoms with E-state index in [-0.39, 0.29) is 4.90 Å². The summed E-state index contributed by atoms with van der Waals surface area (Å²) in [5.74, 6) is 0.312. The van der Waals surface area contributed by atoms with Crippen LogP contribution in [0.2, 0.25) is 0 Å². The molecule has 1 heterocycles. The van der Waals surface area contributed by atoms with Gasteiger partial charge in [-0.3, -0.25) is 0 Å². The molecule has 2 amide bonds. The lowest BCUT2D eigenvalue weighted by molar-refractivity contribution is 0.245. The molecule has 7 nitrogen and oxygen atoms in total. The SMILES string of the molecule is CCCCNC(=O)NS(=O)(=O)c1ccccc1-c1ccno1. The van der Waals surface area contributed by atoms with Crippen LogP contribution in [0.15, 0.2) is 45.9 Å². The zero-order chi connectivity index (χ0) is 16.0. The van der Waals surface area contributed by atoms with Gasteiger partial charge in [0, 0.05) is 18.2 Å². The van der Waals surface area contributed by atoms with Crippen LogP contribution < -0.4 is 10.0 Å². The molecule has 0 saturated heterocycles. The minimum absolute atomic E-state index is 0.0441. The van der Waals surface area contributed by atoms with Crippen LogP contribution in [0.25, 0.3) is 11.3 Å². The second kappa shape index (κ2) is 7.08. The number of aromatic nitrogens is 1. The monoisotopic (exact) mass is 323 g/mol. The number of carbonyl (C=O) groups is 1. The molecule has 0 aliphatic heterocycles. The summed E-state index contributed by atoms with van der Waals surface area (Å²) < 4.78 is 31.7. The third kappa shape index (κ3) is 3.85. The highest BCUT2D eigenvalue weighted by atomic mass is 32.2. The molecule has 2 rings (SSSR count). The van der Waals surface area contributed by atoms with Gasteiger partial charge < -0.3 is 9.84 Å². The van der Waals surface area contributed by atoms with E-state index in [1.807, 2.05) is 11.6 Å². The number of nitrogens with one attached hydrogen (secondary N) is 2. The predicted molar refractivity (Wildman–Crippen MR) is 80.6 cm³/mol. The molecule has 1 aromatic heterocycles. The van der Waals surface area contributed by atoms with Crippen LogP contribution in [0.4, 0.5) is 4.79 Å². The summed E-state index contributed by atoms with van der Waals surface area (Å²) in [7, 11) is -4.00. The molecular weight excluding hydrogens is 306 g/mol. The fourth-order valence-corrected chi connectivity index (χ4v) is 2.99. The molecule has 1 aromatic carbocycles. The second-order valence-corrected chi connectivity index (χ2v) is 6.24. The summed E-state index contributed by atoms with van der Waals surface area (Å²) in [6, 6.07) is 7.04. The van der Waals surface area contributed by atoms with E-state index in [2.05, 4.69) is 10.5 Å². The first kappa shape index (κ1) is 16.0. The molecule has 0 spiro atoms. The molecule has 0 fully saturated rings. The summed E-state index contributed by atoms with van der Waals surface area (Å²) in [4.78, 5) is 11.6. The first-order chi connectivity index (χ1) is 10.5. The molecule has 0 unspecified atom stereocenters. The molecule has 2 N–H and O–H groups in total. The van der Waals surface area contributed by atoms with Crippen molar-refractivity contribution in [3.05, 3.63) is 36.5 Å². The second-order valence-electron chi connectivity index (χ2n) is 4.59. The summed E-state index contributed by atoms with van der Waals surface area (Å²) in [6.07, 6.45) is 3.10. The van der Waals surface area contributed by atoms with E-state index in [4.69, 9.17) is 4.52 Å². The number of benzene rings is 1. The van der Waals surface area contributed by atoms with Crippen LogP contribution in [-0.2, 0) is 10.0 Å². The van der Waals surface area contributed by atoms with Crippen molar-refractivity contribution in [2.75, 3.05) is 6.54 Å². The molecule has 0 atom stereocenters. The number of hydrogen-bond acceptors (Lipinski definition) is 5. The molecule has 0 aliphatic carbocycles. The number of amides is 2. The van der Waals surface area contributed by atoms with Crippen molar-refractivity contribution in [3.63, 3.8) is 0 Å². The Morgan fingerprint density at radius 3 is 2.73 bits per heavy atom. The van der Waals surface area contributed by atoms with Crippen molar-refractivity contribution in [2.24, 2.45) is 0 Å². The van der Waals surface area contributed by atoms with Gasteiger partial charge >= 0.3 is 6.03 Å². The van der Waals surface area contributed by atoms with Gasteiger partial charge in [-0.1, -0.05) is 30.6 Å². The quantitative estimate of drug-likeness (QED) is 0.793. The van der Waals surface area contributed by atoms with Gasteiger partial charge in [0.1, 0.15) is 0 Å². The maximum Gasteiger partial charge on any atom is 0.328 e. The highest BCUT2D eigenvalue weighted by molar-refractivity contribution is 7.90. The number of urea groups is 1. The fraction of sp³-hybridized carbons (Fsp3) is 0.286. The molecule has 22 heavy (non-hydrogen) atoms. The van der Waals surface area contributed by atoms with Crippen LogP contribution in [-0.4, -0.2) is 26.2 Å². The van der Waals surface area contributed by atoms with Crippen LogP contribution in [0.5, 0.6) is 0 Å². The zero-order valence-electron chi connectivity index (χ0n) is 12.1. The van der Waals surface area contributed by atoms with Gasteiger partial charge in [0.25, 0.3) is 10.0 Å². The number of sulfonamides is 1. The first-order valence-corrected chi connectivity index (χ1v) is 8.33. The molecule has 8 heteroatoms. The topological polar surface area (TPSA) is 101 Å². The molecule has 0 saturated carbocycles. The Kier molecular flexibility index (Phi) is 5.16. The number of carbonyl (C=O) groups excluding carboxylic acids is 1. The third-order valence-electron chi connectivity index (χ3n) is 2.92. The maximum absolute atomic E-state index is 12.4. The standard InChI is InChI=1S/C14H17N3O4S/c1-2-3-9-15-14(18)17-22(19,20)13-7-5-4-6-11(13)12-8-10-16-21-12/h4-8,10H,2-3,9H2,1H3,(H2,15,17,18). The van der Waals surface area contributed by atoms with Gasteiger partial charge in [-0.25, -0.2) is 17.9 Å². The summed E-state index contributed by atoms with van der Waals surface area (Å²) in [6.45, 7) is 2.39. The van der Waals surface area contributed by atoms with Crippen molar-refractivity contribution in [2.45, 2.75) is 24.7 Å². The van der Waals surface area contributed by atoms with Crippen molar-refractivity contribution in [1.82, 2.24) is 15.2 Å². The number of rotatable bonds is 6. The summed E-state index contributed by atoms with van der Waals surface area (Å²) in [5.41, 5.74) is 0.342. The lowest BCUT2D eigenvalue weighted by Gasteiger charge is -2.10. The third-order valence-corrected chi connectivity index (χ3v) is 4.31. The molecule has 0 bridgehead atoms. The van der Waals surface area contributed by atoms with Crippen molar-refractivity contribution >= 4 is 16.1 Å². The van der Waals surface area contributed by atoms with Crippen molar-refractivity contribution in [1.29, 1.82) is 0 Å². The average molecular weight is 323 g/mol. The van der Waals surface area contributed by atoms with Crippen LogP contribution in [0, 0.1) is 0 Å². The number of nitrogens with zero attached hydrogens (tertiary/aromatic N) is 1. The Morgan fingerprint density at radius 2 is 2.05 bits per heavy atom. The fourth-order valence-electron chi connectivity index (χ4n) is 1.85. The molecule has 2 aromatic rings. The van der Waals surface area contributed by atoms with Crippen LogP contribution in [0.1, 0.15) is 19.8 Å². The number of hydrogen-bond donors (Lipinski definition) is 2. The lowest BCUT2D eigenvalue weighted by Crippen LogP contribution is -2.39. The predicted octanol–water partition coefficient (Wildman–Crippen LogP) is 2.13. The highest BCUT2D eigenvalue weighted by Gasteiger charge is 2.22. The van der Waals surface area contributed by atoms with Gasteiger partial charge in [-0.15, -0.1) is 0 Å². The minimum Gasteiger partial charge on any atom is -0.356 e.